The molecule has 1 amide bonds. The van der Waals surface area contributed by atoms with Gasteiger partial charge in [-0.15, -0.1) is 0 Å². The van der Waals surface area contributed by atoms with Crippen LogP contribution in [0.25, 0.3) is 5.57 Å². The summed E-state index contributed by atoms with van der Waals surface area (Å²) in [7, 11) is 0. The second-order valence-electron chi connectivity index (χ2n) is 10.1. The molecule has 1 aromatic heterocycles. The summed E-state index contributed by atoms with van der Waals surface area (Å²) in [6.07, 6.45) is 8.25. The molecule has 33 heavy (non-hydrogen) atoms. The number of hydrogen-bond acceptors (Lipinski definition) is 5. The molecular formula is C27H33N3O3. The van der Waals surface area contributed by atoms with Crippen LogP contribution in [0.5, 0.6) is 0 Å². The van der Waals surface area contributed by atoms with Gasteiger partial charge in [0.25, 0.3) is 0 Å². The number of ketones is 1. The molecule has 1 aliphatic heterocycles. The van der Waals surface area contributed by atoms with Crippen LogP contribution in [0.4, 0.5) is 0 Å². The number of fused-ring (bicyclic) bond motifs is 1. The van der Waals surface area contributed by atoms with Crippen molar-refractivity contribution >= 4 is 17.3 Å². The van der Waals surface area contributed by atoms with Gasteiger partial charge in [-0.1, -0.05) is 42.4 Å². The molecule has 3 aliphatic rings. The van der Waals surface area contributed by atoms with E-state index in [1.165, 1.54) is 16.7 Å². The highest BCUT2D eigenvalue weighted by Gasteiger charge is 2.32. The Hall–Kier alpha value is -2.73. The molecule has 2 heterocycles. The van der Waals surface area contributed by atoms with E-state index in [-0.39, 0.29) is 17.6 Å². The van der Waals surface area contributed by atoms with Crippen molar-refractivity contribution in [3.8, 4) is 0 Å². The topological polar surface area (TPSA) is 89.4 Å². The molecule has 2 aromatic rings. The largest absolute Gasteiger partial charge is 0.360 e. The highest BCUT2D eigenvalue weighted by Crippen LogP contribution is 2.40. The molecule has 1 aromatic carbocycles. The fourth-order valence-electron chi connectivity index (χ4n) is 5.34. The van der Waals surface area contributed by atoms with E-state index in [9.17, 15) is 9.59 Å². The number of Topliss-reactive ketones (excluding diaryl/α,β-unsaturated/α-hetero) is 1. The smallest absolute Gasteiger partial charge is 0.239 e. The summed E-state index contributed by atoms with van der Waals surface area (Å²) in [4.78, 5) is 27.6. The minimum absolute atomic E-state index is 0.0395. The van der Waals surface area contributed by atoms with Crippen molar-refractivity contribution in [3.05, 3.63) is 59.0 Å². The molecule has 2 N–H and O–H groups in total. The number of carbonyl (C=O) groups excluding carboxylic acids is 2. The van der Waals surface area contributed by atoms with E-state index in [4.69, 9.17) is 10.3 Å². The summed E-state index contributed by atoms with van der Waals surface area (Å²) < 4.78 is 5.34. The Morgan fingerprint density at radius 2 is 1.94 bits per heavy atom. The first-order chi connectivity index (χ1) is 16.0. The molecule has 174 valence electrons. The van der Waals surface area contributed by atoms with Crippen LogP contribution in [0.3, 0.4) is 0 Å². The number of piperidine rings is 1. The van der Waals surface area contributed by atoms with Crippen molar-refractivity contribution in [1.29, 1.82) is 0 Å². The molecule has 0 bridgehead atoms. The van der Waals surface area contributed by atoms with Gasteiger partial charge in [0.1, 0.15) is 11.5 Å². The lowest BCUT2D eigenvalue weighted by atomic mass is 9.82. The summed E-state index contributed by atoms with van der Waals surface area (Å²) in [6, 6.07) is 9.66. The van der Waals surface area contributed by atoms with Crippen LogP contribution in [0.1, 0.15) is 78.7 Å². The Kier molecular flexibility index (Phi) is 6.19. The zero-order valence-corrected chi connectivity index (χ0v) is 19.3. The predicted molar refractivity (Wildman–Crippen MR) is 127 cm³/mol. The van der Waals surface area contributed by atoms with Gasteiger partial charge in [-0.2, -0.15) is 0 Å². The average Bonchev–Trinajstić information content (AvgIpc) is 3.42. The fraction of sp³-hybridized carbons (Fsp3) is 0.519. The number of nitrogens with two attached hydrogens (primary N) is 1. The number of carbonyl (C=O) groups is 2. The molecule has 2 atom stereocenters. The molecule has 0 spiro atoms. The number of rotatable bonds is 8. The minimum Gasteiger partial charge on any atom is -0.360 e. The van der Waals surface area contributed by atoms with E-state index >= 15 is 0 Å². The molecule has 6 nitrogen and oxygen atoms in total. The quantitative estimate of drug-likeness (QED) is 0.608. The molecule has 1 unspecified atom stereocenters. The van der Waals surface area contributed by atoms with Crippen LogP contribution in [0.2, 0.25) is 0 Å². The van der Waals surface area contributed by atoms with Crippen LogP contribution in [0, 0.1) is 11.8 Å². The van der Waals surface area contributed by atoms with Gasteiger partial charge in [0.15, 0.2) is 5.78 Å². The molecule has 2 fully saturated rings. The summed E-state index contributed by atoms with van der Waals surface area (Å²) in [5.74, 6) is 2.09. The van der Waals surface area contributed by atoms with Gasteiger partial charge in [0, 0.05) is 31.5 Å². The van der Waals surface area contributed by atoms with Crippen LogP contribution in [-0.4, -0.2) is 40.9 Å². The lowest BCUT2D eigenvalue weighted by Crippen LogP contribution is -2.47. The number of amides is 1. The standard InChI is InChI=1S/C27H33N3O3/c1-17(14-25(31)24-16-26(33-29-24)20-7-8-20)18-10-12-30(13-11-18)27(32)23(28)15-21-9-6-19-4-2-3-5-22(19)21/h2-5,9,16-18,20,23H,6-8,10-15,28H2,1H3/t17?,23-/m0/s1. The first kappa shape index (κ1) is 22.1. The number of likely N-dealkylation sites (tertiary alicyclic amines) is 1. The average molecular weight is 448 g/mol. The van der Waals surface area contributed by atoms with Crippen molar-refractivity contribution in [3.63, 3.8) is 0 Å². The Labute approximate surface area is 195 Å². The third-order valence-electron chi connectivity index (χ3n) is 7.65. The molecule has 1 saturated carbocycles. The van der Waals surface area contributed by atoms with E-state index in [2.05, 4.69) is 36.4 Å². The summed E-state index contributed by atoms with van der Waals surface area (Å²) in [6.45, 7) is 3.56. The number of hydrogen-bond donors (Lipinski definition) is 1. The molecule has 1 saturated heterocycles. The molecule has 2 aliphatic carbocycles. The van der Waals surface area contributed by atoms with Gasteiger partial charge in [-0.25, -0.2) is 0 Å². The third-order valence-corrected chi connectivity index (χ3v) is 7.65. The van der Waals surface area contributed by atoms with Crippen LogP contribution >= 0.6 is 0 Å². The normalized spacial score (nSPS) is 20.3. The lowest BCUT2D eigenvalue weighted by Gasteiger charge is -2.36. The van der Waals surface area contributed by atoms with Gasteiger partial charge in [0.05, 0.1) is 6.04 Å². The fourth-order valence-corrected chi connectivity index (χ4v) is 5.34. The van der Waals surface area contributed by atoms with Gasteiger partial charge < -0.3 is 15.2 Å². The Morgan fingerprint density at radius 3 is 2.70 bits per heavy atom. The van der Waals surface area contributed by atoms with E-state index in [1.807, 2.05) is 17.0 Å². The Balaban J connectivity index is 1.09. The van der Waals surface area contributed by atoms with E-state index < -0.39 is 6.04 Å². The first-order valence-corrected chi connectivity index (χ1v) is 12.3. The van der Waals surface area contributed by atoms with Crippen molar-refractivity contribution in [2.75, 3.05) is 13.1 Å². The van der Waals surface area contributed by atoms with Crippen molar-refractivity contribution in [2.24, 2.45) is 17.6 Å². The second-order valence-corrected chi connectivity index (χ2v) is 10.1. The number of allylic oxidation sites excluding steroid dienone is 1. The van der Waals surface area contributed by atoms with Crippen LogP contribution in [-0.2, 0) is 11.2 Å². The van der Waals surface area contributed by atoms with Crippen molar-refractivity contribution in [1.82, 2.24) is 10.1 Å². The van der Waals surface area contributed by atoms with Crippen molar-refractivity contribution in [2.45, 2.75) is 63.8 Å². The van der Waals surface area contributed by atoms with E-state index in [0.717, 1.165) is 37.9 Å². The SMILES string of the molecule is CC(CC(=O)c1cc(C2CC2)on1)C1CCN(C(=O)[C@@H](N)CC2=CCc3ccccc32)CC1. The highest BCUT2D eigenvalue weighted by molar-refractivity contribution is 5.94. The van der Waals surface area contributed by atoms with Crippen LogP contribution < -0.4 is 5.73 Å². The number of nitrogens with zero attached hydrogens (tertiary/aromatic N) is 2. The number of aromatic nitrogens is 1. The maximum atomic E-state index is 13.0. The Bertz CT molecular complexity index is 1060. The number of benzene rings is 1. The predicted octanol–water partition coefficient (Wildman–Crippen LogP) is 4.36. The molecule has 0 radical (unpaired) electrons. The Morgan fingerprint density at radius 1 is 1.18 bits per heavy atom. The molecular weight excluding hydrogens is 414 g/mol. The third kappa shape index (κ3) is 4.81. The van der Waals surface area contributed by atoms with Gasteiger partial charge >= 0.3 is 0 Å². The minimum atomic E-state index is -0.509. The van der Waals surface area contributed by atoms with Gasteiger partial charge in [-0.3, -0.25) is 9.59 Å². The second kappa shape index (κ2) is 9.26. The summed E-state index contributed by atoms with van der Waals surface area (Å²) in [5, 5.41) is 3.99. The van der Waals surface area contributed by atoms with E-state index in [0.29, 0.717) is 43.5 Å². The summed E-state index contributed by atoms with van der Waals surface area (Å²) in [5.41, 5.74) is 10.5. The van der Waals surface area contributed by atoms with E-state index in [1.54, 1.807) is 0 Å². The van der Waals surface area contributed by atoms with Gasteiger partial charge in [-0.05, 0) is 67.1 Å². The maximum Gasteiger partial charge on any atom is 0.239 e. The zero-order valence-electron chi connectivity index (χ0n) is 19.3. The maximum absolute atomic E-state index is 13.0. The van der Waals surface area contributed by atoms with Crippen molar-refractivity contribution < 1.29 is 14.1 Å². The molecule has 5 rings (SSSR count). The highest BCUT2D eigenvalue weighted by atomic mass is 16.5. The summed E-state index contributed by atoms with van der Waals surface area (Å²) >= 11 is 0. The molecule has 6 heteroatoms. The first-order valence-electron chi connectivity index (χ1n) is 12.3. The zero-order chi connectivity index (χ0) is 22.9. The lowest BCUT2D eigenvalue weighted by molar-refractivity contribution is -0.134. The van der Waals surface area contributed by atoms with Gasteiger partial charge in [0.2, 0.25) is 5.91 Å². The monoisotopic (exact) mass is 447 g/mol. The van der Waals surface area contributed by atoms with Crippen LogP contribution in [0.15, 0.2) is 40.9 Å².